The molecule has 0 saturated carbocycles. The first-order chi connectivity index (χ1) is 6.86. The molecular weight excluding hydrogens is 210 g/mol. The summed E-state index contributed by atoms with van der Waals surface area (Å²) in [6.45, 7) is 0.886. The summed E-state index contributed by atoms with van der Waals surface area (Å²) in [5.74, 6) is -2.24. The molecule has 2 N–H and O–H groups in total. The quantitative estimate of drug-likeness (QED) is 0.763. The van der Waals surface area contributed by atoms with Gasteiger partial charge in [0.05, 0.1) is 5.92 Å². The summed E-state index contributed by atoms with van der Waals surface area (Å²) in [4.78, 5) is 0. The Morgan fingerprint density at radius 3 is 2.33 bits per heavy atom. The Balaban J connectivity index is 3.08. The molecule has 1 atom stereocenters. The molecule has 1 nitrogen and oxygen atoms in total. The average Bonchev–Trinajstić information content (AvgIpc) is 2.10. The first-order valence-corrected chi connectivity index (χ1v) is 4.39. The van der Waals surface area contributed by atoms with Gasteiger partial charge in [-0.15, -0.1) is 0 Å². The average molecular weight is 221 g/mol. The van der Waals surface area contributed by atoms with Crippen molar-refractivity contribution in [3.63, 3.8) is 0 Å². The monoisotopic (exact) mass is 221 g/mol. The number of aryl methyl sites for hydroxylation is 1. The van der Waals surface area contributed by atoms with Crippen LogP contribution in [0, 0.1) is 12.7 Å². The highest BCUT2D eigenvalue weighted by Gasteiger charge is 2.39. The summed E-state index contributed by atoms with van der Waals surface area (Å²) in [6.07, 6.45) is -4.39. The minimum Gasteiger partial charge on any atom is -0.330 e. The summed E-state index contributed by atoms with van der Waals surface area (Å²) in [5, 5.41) is 0. The summed E-state index contributed by atoms with van der Waals surface area (Å²) >= 11 is 0. The molecule has 0 aromatic heterocycles. The maximum absolute atomic E-state index is 12.9. The lowest BCUT2D eigenvalue weighted by molar-refractivity contribution is -0.148. The normalized spacial score (nSPS) is 14.0. The molecule has 84 valence electrons. The van der Waals surface area contributed by atoms with E-state index in [9.17, 15) is 17.6 Å². The molecule has 1 aromatic rings. The molecule has 1 aromatic carbocycles. The van der Waals surface area contributed by atoms with Crippen molar-refractivity contribution in [3.05, 3.63) is 35.1 Å². The molecule has 0 radical (unpaired) electrons. The molecule has 0 saturated heterocycles. The van der Waals surface area contributed by atoms with Crippen molar-refractivity contribution in [3.8, 4) is 0 Å². The minimum atomic E-state index is -4.39. The fraction of sp³-hybridized carbons (Fsp3) is 0.400. The Hall–Kier alpha value is -1.10. The molecular formula is C10H11F4N. The van der Waals surface area contributed by atoms with Gasteiger partial charge in [-0.3, -0.25) is 0 Å². The molecule has 0 aliphatic rings. The van der Waals surface area contributed by atoms with Crippen LogP contribution in [0.5, 0.6) is 0 Å². The highest BCUT2D eigenvalue weighted by atomic mass is 19.4. The second-order valence-corrected chi connectivity index (χ2v) is 3.34. The highest BCUT2D eigenvalue weighted by molar-refractivity contribution is 5.28. The van der Waals surface area contributed by atoms with Gasteiger partial charge < -0.3 is 5.73 Å². The molecule has 1 unspecified atom stereocenters. The van der Waals surface area contributed by atoms with Crippen LogP contribution < -0.4 is 5.73 Å². The number of alkyl halides is 3. The summed E-state index contributed by atoms with van der Waals surface area (Å²) in [5.41, 5.74) is 5.26. The lowest BCUT2D eigenvalue weighted by Crippen LogP contribution is -2.28. The lowest BCUT2D eigenvalue weighted by atomic mass is 9.97. The van der Waals surface area contributed by atoms with Gasteiger partial charge in [0.2, 0.25) is 0 Å². The zero-order valence-electron chi connectivity index (χ0n) is 8.11. The van der Waals surface area contributed by atoms with E-state index in [0.717, 1.165) is 12.1 Å². The Kier molecular flexibility index (Phi) is 3.34. The van der Waals surface area contributed by atoms with Gasteiger partial charge in [0, 0.05) is 6.54 Å². The van der Waals surface area contributed by atoms with Gasteiger partial charge in [-0.1, -0.05) is 12.1 Å². The molecule has 5 heteroatoms. The van der Waals surface area contributed by atoms with Crippen molar-refractivity contribution < 1.29 is 17.6 Å². The van der Waals surface area contributed by atoms with Crippen LogP contribution >= 0.6 is 0 Å². The Labute approximate surface area is 84.9 Å². The van der Waals surface area contributed by atoms with Gasteiger partial charge in [0.15, 0.2) is 0 Å². The van der Waals surface area contributed by atoms with Crippen LogP contribution in [0.3, 0.4) is 0 Å². The third-order valence-corrected chi connectivity index (χ3v) is 2.22. The zero-order valence-corrected chi connectivity index (χ0v) is 8.11. The largest absolute Gasteiger partial charge is 0.396 e. The van der Waals surface area contributed by atoms with E-state index in [-0.39, 0.29) is 11.1 Å². The number of nitrogens with two attached hydrogens (primary N) is 1. The first kappa shape index (κ1) is 12.0. The van der Waals surface area contributed by atoms with Crippen molar-refractivity contribution >= 4 is 0 Å². The smallest absolute Gasteiger partial charge is 0.330 e. The second kappa shape index (κ2) is 4.18. The van der Waals surface area contributed by atoms with E-state index in [4.69, 9.17) is 5.73 Å². The maximum atomic E-state index is 12.9. The molecule has 0 amide bonds. The van der Waals surface area contributed by atoms with Crippen molar-refractivity contribution in [1.82, 2.24) is 0 Å². The molecule has 0 aliphatic heterocycles. The first-order valence-electron chi connectivity index (χ1n) is 4.39. The van der Waals surface area contributed by atoms with Crippen LogP contribution in [0.15, 0.2) is 18.2 Å². The van der Waals surface area contributed by atoms with Gasteiger partial charge in [-0.2, -0.15) is 13.2 Å². The Bertz CT molecular complexity index is 346. The number of benzene rings is 1. The van der Waals surface area contributed by atoms with Crippen LogP contribution in [0.25, 0.3) is 0 Å². The molecule has 0 bridgehead atoms. The van der Waals surface area contributed by atoms with Crippen molar-refractivity contribution in [2.24, 2.45) is 5.73 Å². The van der Waals surface area contributed by atoms with E-state index in [1.165, 1.54) is 13.0 Å². The highest BCUT2D eigenvalue weighted by Crippen LogP contribution is 2.34. The van der Waals surface area contributed by atoms with E-state index in [1.807, 2.05) is 0 Å². The van der Waals surface area contributed by atoms with Gasteiger partial charge in [-0.25, -0.2) is 4.39 Å². The molecule has 15 heavy (non-hydrogen) atoms. The molecule has 1 rings (SSSR count). The van der Waals surface area contributed by atoms with Crippen LogP contribution in [0.2, 0.25) is 0 Å². The predicted octanol–water partition coefficient (Wildman–Crippen LogP) is 2.74. The van der Waals surface area contributed by atoms with Crippen LogP contribution in [-0.4, -0.2) is 12.7 Å². The number of halogens is 4. The topological polar surface area (TPSA) is 26.0 Å². The Morgan fingerprint density at radius 2 is 1.93 bits per heavy atom. The molecule has 0 aliphatic carbocycles. The van der Waals surface area contributed by atoms with Crippen molar-refractivity contribution in [1.29, 1.82) is 0 Å². The second-order valence-electron chi connectivity index (χ2n) is 3.34. The standard InChI is InChI=1S/C10H11F4N/c1-6-4-7(2-3-9(6)11)8(5-15)10(12,13)14/h2-4,8H,5,15H2,1H3. The van der Waals surface area contributed by atoms with E-state index in [2.05, 4.69) is 0 Å². The number of hydrogen-bond acceptors (Lipinski definition) is 1. The van der Waals surface area contributed by atoms with Gasteiger partial charge in [-0.05, 0) is 24.1 Å². The summed E-state index contributed by atoms with van der Waals surface area (Å²) in [7, 11) is 0. The van der Waals surface area contributed by atoms with E-state index >= 15 is 0 Å². The third kappa shape index (κ3) is 2.68. The fourth-order valence-corrected chi connectivity index (χ4v) is 1.34. The van der Waals surface area contributed by atoms with E-state index in [1.54, 1.807) is 0 Å². The van der Waals surface area contributed by atoms with E-state index < -0.39 is 24.5 Å². The number of hydrogen-bond donors (Lipinski definition) is 1. The van der Waals surface area contributed by atoms with Crippen molar-refractivity contribution in [2.45, 2.75) is 19.0 Å². The third-order valence-electron chi connectivity index (χ3n) is 2.22. The van der Waals surface area contributed by atoms with E-state index in [0.29, 0.717) is 0 Å². The van der Waals surface area contributed by atoms with Crippen LogP contribution in [0.4, 0.5) is 17.6 Å². The molecule has 0 fully saturated rings. The maximum Gasteiger partial charge on any atom is 0.396 e. The lowest BCUT2D eigenvalue weighted by Gasteiger charge is -2.19. The predicted molar refractivity (Wildman–Crippen MR) is 49.0 cm³/mol. The Morgan fingerprint density at radius 1 is 1.33 bits per heavy atom. The minimum absolute atomic E-state index is 0.00361. The van der Waals surface area contributed by atoms with Gasteiger partial charge >= 0.3 is 6.18 Å². The summed E-state index contributed by atoms with van der Waals surface area (Å²) in [6, 6.07) is 3.33. The van der Waals surface area contributed by atoms with Crippen molar-refractivity contribution in [2.75, 3.05) is 6.54 Å². The fourth-order valence-electron chi connectivity index (χ4n) is 1.34. The number of rotatable bonds is 2. The zero-order chi connectivity index (χ0) is 11.6. The van der Waals surface area contributed by atoms with Crippen LogP contribution in [0.1, 0.15) is 17.0 Å². The van der Waals surface area contributed by atoms with Crippen LogP contribution in [-0.2, 0) is 0 Å². The molecule has 0 heterocycles. The summed E-state index contributed by atoms with van der Waals surface area (Å²) < 4.78 is 50.2. The molecule has 0 spiro atoms. The van der Waals surface area contributed by atoms with Gasteiger partial charge in [0.25, 0.3) is 0 Å². The SMILES string of the molecule is Cc1cc(C(CN)C(F)(F)F)ccc1F. The van der Waals surface area contributed by atoms with Gasteiger partial charge in [0.1, 0.15) is 5.82 Å².